The summed E-state index contributed by atoms with van der Waals surface area (Å²) in [6.45, 7) is 2.25. The quantitative estimate of drug-likeness (QED) is 0.876. The third kappa shape index (κ3) is 4.05. The van der Waals surface area contributed by atoms with E-state index in [4.69, 9.17) is 0 Å². The maximum Gasteiger partial charge on any atom is 0.127 e. The van der Waals surface area contributed by atoms with Gasteiger partial charge >= 0.3 is 0 Å². The van der Waals surface area contributed by atoms with Crippen LogP contribution >= 0.6 is 15.9 Å². The average Bonchev–Trinajstić information content (AvgIpc) is 3.03. The Hall–Kier alpha value is -0.450. The predicted octanol–water partition coefficient (Wildman–Crippen LogP) is 2.63. The zero-order chi connectivity index (χ0) is 12.5. The topological polar surface area (TPSA) is 32.3 Å². The Morgan fingerprint density at radius 3 is 2.82 bits per heavy atom. The van der Waals surface area contributed by atoms with Crippen molar-refractivity contribution < 1.29 is 9.50 Å². The van der Waals surface area contributed by atoms with E-state index in [2.05, 4.69) is 21.2 Å². The number of hydrogen-bond acceptors (Lipinski definition) is 2. The highest BCUT2D eigenvalue weighted by atomic mass is 79.9. The zero-order valence-electron chi connectivity index (χ0n) is 9.84. The van der Waals surface area contributed by atoms with Crippen molar-refractivity contribution in [1.82, 2.24) is 5.32 Å². The van der Waals surface area contributed by atoms with Gasteiger partial charge in [0.25, 0.3) is 0 Å². The first-order chi connectivity index (χ1) is 7.96. The first kappa shape index (κ1) is 13.0. The van der Waals surface area contributed by atoms with Gasteiger partial charge in [-0.2, -0.15) is 0 Å². The number of benzene rings is 1. The maximum atomic E-state index is 13.6. The first-order valence-corrected chi connectivity index (χ1v) is 6.65. The Morgan fingerprint density at radius 2 is 2.24 bits per heavy atom. The van der Waals surface area contributed by atoms with Crippen molar-refractivity contribution in [3.8, 4) is 0 Å². The van der Waals surface area contributed by atoms with Gasteiger partial charge in [0.1, 0.15) is 5.82 Å². The normalized spacial score (nSPS) is 19.1. The van der Waals surface area contributed by atoms with Gasteiger partial charge in [0, 0.05) is 23.5 Å². The summed E-state index contributed by atoms with van der Waals surface area (Å²) in [5, 5.41) is 13.5. The van der Waals surface area contributed by atoms with Gasteiger partial charge in [-0.1, -0.05) is 22.0 Å². The van der Waals surface area contributed by atoms with Crippen LogP contribution in [0, 0.1) is 5.82 Å². The van der Waals surface area contributed by atoms with Gasteiger partial charge in [-0.3, -0.25) is 0 Å². The molecule has 2 nitrogen and oxygen atoms in total. The van der Waals surface area contributed by atoms with Crippen molar-refractivity contribution in [2.75, 3.05) is 6.54 Å². The Morgan fingerprint density at radius 1 is 1.53 bits per heavy atom. The standard InChI is InChI=1S/C13H17BrFNO/c1-13(17,8-16-11-4-5-11)7-9-2-3-10(14)6-12(9)15/h2-3,6,11,16-17H,4-5,7-8H2,1H3. The van der Waals surface area contributed by atoms with E-state index in [1.54, 1.807) is 19.1 Å². The summed E-state index contributed by atoms with van der Waals surface area (Å²) in [5.74, 6) is -0.272. The molecule has 1 atom stereocenters. The number of aliphatic hydroxyl groups is 1. The van der Waals surface area contributed by atoms with Crippen LogP contribution in [0.25, 0.3) is 0 Å². The molecule has 17 heavy (non-hydrogen) atoms. The highest BCUT2D eigenvalue weighted by Crippen LogP contribution is 2.22. The van der Waals surface area contributed by atoms with E-state index >= 15 is 0 Å². The fourth-order valence-corrected chi connectivity index (χ4v) is 2.12. The molecule has 0 aromatic heterocycles. The second-order valence-corrected chi connectivity index (χ2v) is 5.98. The largest absolute Gasteiger partial charge is 0.389 e. The van der Waals surface area contributed by atoms with Crippen molar-refractivity contribution in [3.05, 3.63) is 34.1 Å². The molecule has 4 heteroatoms. The summed E-state index contributed by atoms with van der Waals surface area (Å²) in [6, 6.07) is 5.49. The summed E-state index contributed by atoms with van der Waals surface area (Å²) >= 11 is 3.22. The molecule has 0 bridgehead atoms. The van der Waals surface area contributed by atoms with Crippen LogP contribution in [0.4, 0.5) is 4.39 Å². The van der Waals surface area contributed by atoms with E-state index in [1.165, 1.54) is 18.9 Å². The van der Waals surface area contributed by atoms with Crippen molar-refractivity contribution in [3.63, 3.8) is 0 Å². The molecule has 0 aliphatic heterocycles. The third-order valence-electron chi connectivity index (χ3n) is 2.94. The summed E-state index contributed by atoms with van der Waals surface area (Å²) in [6.07, 6.45) is 2.69. The minimum Gasteiger partial charge on any atom is -0.389 e. The van der Waals surface area contributed by atoms with E-state index in [-0.39, 0.29) is 5.82 Å². The van der Waals surface area contributed by atoms with Gasteiger partial charge in [0.2, 0.25) is 0 Å². The Labute approximate surface area is 109 Å². The molecule has 0 spiro atoms. The SMILES string of the molecule is CC(O)(CNC1CC1)Cc1ccc(Br)cc1F. The molecule has 0 saturated heterocycles. The fourth-order valence-electron chi connectivity index (χ4n) is 1.79. The summed E-state index contributed by atoms with van der Waals surface area (Å²) in [7, 11) is 0. The van der Waals surface area contributed by atoms with Crippen molar-refractivity contribution in [2.24, 2.45) is 0 Å². The number of nitrogens with one attached hydrogen (secondary N) is 1. The van der Waals surface area contributed by atoms with Crippen LogP contribution in [-0.2, 0) is 6.42 Å². The second kappa shape index (κ2) is 5.04. The third-order valence-corrected chi connectivity index (χ3v) is 3.43. The molecule has 1 saturated carbocycles. The average molecular weight is 302 g/mol. The molecule has 1 fully saturated rings. The van der Waals surface area contributed by atoms with Gasteiger partial charge < -0.3 is 10.4 Å². The molecule has 1 aliphatic carbocycles. The lowest BCUT2D eigenvalue weighted by Crippen LogP contribution is -2.40. The Bertz CT molecular complexity index is 404. The summed E-state index contributed by atoms with van der Waals surface area (Å²) < 4.78 is 14.3. The molecule has 1 aliphatic rings. The first-order valence-electron chi connectivity index (χ1n) is 5.86. The molecule has 2 N–H and O–H groups in total. The van der Waals surface area contributed by atoms with Crippen molar-refractivity contribution in [2.45, 2.75) is 37.8 Å². The molecule has 0 heterocycles. The van der Waals surface area contributed by atoms with Crippen LogP contribution in [0.15, 0.2) is 22.7 Å². The number of hydrogen-bond donors (Lipinski definition) is 2. The van der Waals surface area contributed by atoms with Crippen LogP contribution in [0.3, 0.4) is 0 Å². The number of halogens is 2. The van der Waals surface area contributed by atoms with Gasteiger partial charge in [-0.15, -0.1) is 0 Å². The van der Waals surface area contributed by atoms with Crippen LogP contribution in [0.1, 0.15) is 25.3 Å². The van der Waals surface area contributed by atoms with Gasteiger partial charge in [-0.25, -0.2) is 4.39 Å². The Kier molecular flexibility index (Phi) is 3.85. The molecule has 1 aromatic rings. The van der Waals surface area contributed by atoms with E-state index < -0.39 is 5.60 Å². The van der Waals surface area contributed by atoms with E-state index in [0.717, 1.165) is 4.47 Å². The van der Waals surface area contributed by atoms with E-state index in [9.17, 15) is 9.50 Å². The summed E-state index contributed by atoms with van der Waals surface area (Å²) in [5.41, 5.74) is -0.354. The highest BCUT2D eigenvalue weighted by molar-refractivity contribution is 9.10. The van der Waals surface area contributed by atoms with E-state index in [0.29, 0.717) is 24.6 Å². The second-order valence-electron chi connectivity index (χ2n) is 5.06. The molecular weight excluding hydrogens is 285 g/mol. The van der Waals surface area contributed by atoms with Gasteiger partial charge in [0.05, 0.1) is 5.60 Å². The summed E-state index contributed by atoms with van der Waals surface area (Å²) in [4.78, 5) is 0. The maximum absolute atomic E-state index is 13.6. The monoisotopic (exact) mass is 301 g/mol. The fraction of sp³-hybridized carbons (Fsp3) is 0.538. The number of rotatable bonds is 5. The molecule has 1 unspecified atom stereocenters. The minimum atomic E-state index is -0.905. The van der Waals surface area contributed by atoms with Crippen LogP contribution in [0.5, 0.6) is 0 Å². The molecular formula is C13H17BrFNO. The van der Waals surface area contributed by atoms with Crippen molar-refractivity contribution >= 4 is 15.9 Å². The lowest BCUT2D eigenvalue weighted by Gasteiger charge is -2.24. The molecule has 94 valence electrons. The molecule has 0 amide bonds. The Balaban J connectivity index is 1.97. The van der Waals surface area contributed by atoms with Crippen molar-refractivity contribution in [1.29, 1.82) is 0 Å². The predicted molar refractivity (Wildman–Crippen MR) is 69.5 cm³/mol. The zero-order valence-corrected chi connectivity index (χ0v) is 11.4. The lowest BCUT2D eigenvalue weighted by atomic mass is 9.96. The van der Waals surface area contributed by atoms with E-state index in [1.807, 2.05) is 0 Å². The van der Waals surface area contributed by atoms with Crippen LogP contribution < -0.4 is 5.32 Å². The molecule has 1 aromatic carbocycles. The minimum absolute atomic E-state index is 0.272. The smallest absolute Gasteiger partial charge is 0.127 e. The van der Waals surface area contributed by atoms with Gasteiger partial charge in [-0.05, 0) is 37.5 Å². The van der Waals surface area contributed by atoms with Crippen LogP contribution in [-0.4, -0.2) is 23.3 Å². The highest BCUT2D eigenvalue weighted by Gasteiger charge is 2.27. The lowest BCUT2D eigenvalue weighted by molar-refractivity contribution is 0.0589. The molecule has 2 rings (SSSR count). The molecule has 0 radical (unpaired) electrons. The van der Waals surface area contributed by atoms with Gasteiger partial charge in [0.15, 0.2) is 0 Å². The van der Waals surface area contributed by atoms with Crippen LogP contribution in [0.2, 0.25) is 0 Å².